The molecule has 0 aromatic heterocycles. The van der Waals surface area contributed by atoms with E-state index in [2.05, 4.69) is 10.3 Å². The second-order valence-corrected chi connectivity index (χ2v) is 6.91. The van der Waals surface area contributed by atoms with Crippen LogP contribution in [0.4, 0.5) is 0 Å². The quantitative estimate of drug-likeness (QED) is 0.853. The molecule has 25 heavy (non-hydrogen) atoms. The largest absolute Gasteiger partial charge is 0.490 e. The van der Waals surface area contributed by atoms with Gasteiger partial charge >= 0.3 is 0 Å². The molecule has 0 radical (unpaired) electrons. The third-order valence-corrected chi connectivity index (χ3v) is 4.37. The van der Waals surface area contributed by atoms with Crippen LogP contribution in [0.3, 0.4) is 0 Å². The number of carbonyl (C=O) groups is 2. The van der Waals surface area contributed by atoms with E-state index < -0.39 is 0 Å². The first-order chi connectivity index (χ1) is 11.9. The number of amides is 2. The van der Waals surface area contributed by atoms with Crippen LogP contribution >= 0.6 is 11.8 Å². The summed E-state index contributed by atoms with van der Waals surface area (Å²) < 4.78 is 5.92. The zero-order chi connectivity index (χ0) is 18.0. The standard InChI is InChI=1S/C19H18N2O3S/c1-11(2)24-16-9-8-13-6-4-5-7-14(13)15(16)10-17-18(23)21-19(25-17)20-12(3)22/h4-11H,1-3H3,(H,20,21,22,23)/b17-10-. The molecule has 0 saturated heterocycles. The fourth-order valence-electron chi connectivity index (χ4n) is 2.53. The highest BCUT2D eigenvalue weighted by Gasteiger charge is 2.23. The summed E-state index contributed by atoms with van der Waals surface area (Å²) in [4.78, 5) is 27.7. The molecule has 128 valence electrons. The predicted molar refractivity (Wildman–Crippen MR) is 102 cm³/mol. The fraction of sp³-hybridized carbons (Fsp3) is 0.211. The molecular weight excluding hydrogens is 336 g/mol. The van der Waals surface area contributed by atoms with E-state index in [9.17, 15) is 9.59 Å². The van der Waals surface area contributed by atoms with Gasteiger partial charge in [-0.2, -0.15) is 4.99 Å². The van der Waals surface area contributed by atoms with Crippen molar-refractivity contribution in [3.8, 4) is 5.75 Å². The lowest BCUT2D eigenvalue weighted by atomic mass is 10.0. The number of hydrogen-bond acceptors (Lipinski definition) is 4. The van der Waals surface area contributed by atoms with Crippen molar-refractivity contribution in [2.24, 2.45) is 4.99 Å². The molecule has 0 atom stereocenters. The normalized spacial score (nSPS) is 15.8. The van der Waals surface area contributed by atoms with Crippen LogP contribution < -0.4 is 10.1 Å². The smallest absolute Gasteiger partial charge is 0.286 e. The van der Waals surface area contributed by atoms with Gasteiger partial charge < -0.3 is 10.1 Å². The molecule has 1 heterocycles. The molecule has 5 nitrogen and oxygen atoms in total. The highest BCUT2D eigenvalue weighted by Crippen LogP contribution is 2.35. The van der Waals surface area contributed by atoms with E-state index >= 15 is 0 Å². The van der Waals surface area contributed by atoms with E-state index in [1.165, 1.54) is 6.92 Å². The van der Waals surface area contributed by atoms with E-state index in [0.29, 0.717) is 15.8 Å². The van der Waals surface area contributed by atoms with Crippen LogP contribution in [-0.2, 0) is 9.59 Å². The lowest BCUT2D eigenvalue weighted by Crippen LogP contribution is -2.23. The molecule has 2 aromatic carbocycles. The Bertz CT molecular complexity index is 916. The first kappa shape index (κ1) is 17.2. The van der Waals surface area contributed by atoms with E-state index in [1.807, 2.05) is 50.2 Å². The summed E-state index contributed by atoms with van der Waals surface area (Å²) in [6.45, 7) is 5.30. The van der Waals surface area contributed by atoms with Crippen LogP contribution in [-0.4, -0.2) is 23.1 Å². The van der Waals surface area contributed by atoms with E-state index in [1.54, 1.807) is 6.08 Å². The Kier molecular flexibility index (Phi) is 4.90. The van der Waals surface area contributed by atoms with Gasteiger partial charge in [-0.25, -0.2) is 0 Å². The fourth-order valence-corrected chi connectivity index (χ4v) is 3.37. The molecule has 0 fully saturated rings. The lowest BCUT2D eigenvalue weighted by Gasteiger charge is -2.15. The van der Waals surface area contributed by atoms with Crippen molar-refractivity contribution in [3.05, 3.63) is 46.9 Å². The van der Waals surface area contributed by atoms with Crippen molar-refractivity contribution in [1.82, 2.24) is 5.32 Å². The molecule has 0 aliphatic carbocycles. The highest BCUT2D eigenvalue weighted by molar-refractivity contribution is 8.18. The topological polar surface area (TPSA) is 67.8 Å². The van der Waals surface area contributed by atoms with Crippen LogP contribution in [0, 0.1) is 0 Å². The average Bonchev–Trinajstić information content (AvgIpc) is 2.87. The summed E-state index contributed by atoms with van der Waals surface area (Å²) >= 11 is 1.15. The molecule has 2 aromatic rings. The SMILES string of the molecule is CC(=O)NC1=NC(=O)/C(=C/c2c(OC(C)C)ccc3ccccc23)S1. The van der Waals surface area contributed by atoms with E-state index in [-0.39, 0.29) is 17.9 Å². The van der Waals surface area contributed by atoms with E-state index in [0.717, 1.165) is 28.1 Å². The molecule has 6 heteroatoms. The van der Waals surface area contributed by atoms with Gasteiger partial charge in [0.05, 0.1) is 11.0 Å². The Morgan fingerprint density at radius 3 is 2.72 bits per heavy atom. The van der Waals surface area contributed by atoms with Gasteiger partial charge in [0.25, 0.3) is 5.91 Å². The molecule has 1 N–H and O–H groups in total. The lowest BCUT2D eigenvalue weighted by molar-refractivity contribution is -0.117. The average molecular weight is 354 g/mol. The van der Waals surface area contributed by atoms with Gasteiger partial charge in [-0.1, -0.05) is 30.3 Å². The number of benzene rings is 2. The Morgan fingerprint density at radius 2 is 2.00 bits per heavy atom. The minimum absolute atomic E-state index is 0.0106. The van der Waals surface area contributed by atoms with Crippen LogP contribution in [0.25, 0.3) is 16.8 Å². The summed E-state index contributed by atoms with van der Waals surface area (Å²) in [6, 6.07) is 11.8. The number of nitrogens with zero attached hydrogens (tertiary/aromatic N) is 1. The molecule has 1 aliphatic rings. The Hall–Kier alpha value is -2.60. The monoisotopic (exact) mass is 354 g/mol. The molecule has 3 rings (SSSR count). The van der Waals surface area contributed by atoms with Crippen molar-refractivity contribution in [1.29, 1.82) is 0 Å². The second kappa shape index (κ2) is 7.11. The third-order valence-electron chi connectivity index (χ3n) is 3.47. The van der Waals surface area contributed by atoms with Crippen molar-refractivity contribution < 1.29 is 14.3 Å². The number of nitrogens with one attached hydrogen (secondary N) is 1. The van der Waals surface area contributed by atoms with Gasteiger partial charge in [0.2, 0.25) is 5.91 Å². The minimum atomic E-state index is -0.364. The molecule has 0 spiro atoms. The number of thioether (sulfide) groups is 1. The van der Waals surface area contributed by atoms with Crippen LogP contribution in [0.5, 0.6) is 5.75 Å². The van der Waals surface area contributed by atoms with Crippen molar-refractivity contribution in [2.45, 2.75) is 26.9 Å². The van der Waals surface area contributed by atoms with Crippen LogP contribution in [0.1, 0.15) is 26.3 Å². The molecule has 0 bridgehead atoms. The van der Waals surface area contributed by atoms with Crippen LogP contribution in [0.15, 0.2) is 46.3 Å². The zero-order valence-electron chi connectivity index (χ0n) is 14.2. The maximum Gasteiger partial charge on any atom is 0.286 e. The van der Waals surface area contributed by atoms with Crippen molar-refractivity contribution >= 4 is 45.6 Å². The molecule has 2 amide bonds. The van der Waals surface area contributed by atoms with Gasteiger partial charge in [-0.3, -0.25) is 9.59 Å². The molecule has 1 aliphatic heterocycles. The zero-order valence-corrected chi connectivity index (χ0v) is 15.0. The summed E-state index contributed by atoms with van der Waals surface area (Å²) in [5.41, 5.74) is 0.835. The third kappa shape index (κ3) is 3.91. The van der Waals surface area contributed by atoms with Gasteiger partial charge in [-0.15, -0.1) is 0 Å². The van der Waals surface area contributed by atoms with Crippen LogP contribution in [0.2, 0.25) is 0 Å². The Balaban J connectivity index is 2.05. The molecular formula is C19H18N2O3S. The Labute approximate surface area is 150 Å². The number of ether oxygens (including phenoxy) is 1. The first-order valence-corrected chi connectivity index (χ1v) is 8.74. The number of fused-ring (bicyclic) bond motifs is 1. The second-order valence-electron chi connectivity index (χ2n) is 5.88. The first-order valence-electron chi connectivity index (χ1n) is 7.92. The number of aliphatic imine (C=N–C) groups is 1. The van der Waals surface area contributed by atoms with Gasteiger partial charge in [0.15, 0.2) is 5.17 Å². The summed E-state index contributed by atoms with van der Waals surface area (Å²) in [5, 5.41) is 4.91. The minimum Gasteiger partial charge on any atom is -0.490 e. The van der Waals surface area contributed by atoms with Gasteiger partial charge in [0.1, 0.15) is 5.75 Å². The van der Waals surface area contributed by atoms with E-state index in [4.69, 9.17) is 4.74 Å². The highest BCUT2D eigenvalue weighted by atomic mass is 32.2. The number of amidine groups is 1. The summed E-state index contributed by atoms with van der Waals surface area (Å²) in [6.07, 6.45) is 1.79. The Morgan fingerprint density at radius 1 is 1.24 bits per heavy atom. The predicted octanol–water partition coefficient (Wildman–Crippen LogP) is 3.73. The maximum absolute atomic E-state index is 12.2. The number of carbonyl (C=O) groups excluding carboxylic acids is 2. The summed E-state index contributed by atoms with van der Waals surface area (Å²) in [7, 11) is 0. The molecule has 0 unspecified atom stereocenters. The van der Waals surface area contributed by atoms with Crippen molar-refractivity contribution in [3.63, 3.8) is 0 Å². The number of hydrogen-bond donors (Lipinski definition) is 1. The van der Waals surface area contributed by atoms with Gasteiger partial charge in [0, 0.05) is 12.5 Å². The van der Waals surface area contributed by atoms with Gasteiger partial charge in [-0.05, 0) is 48.5 Å². The number of rotatable bonds is 3. The summed E-state index contributed by atoms with van der Waals surface area (Å²) in [5.74, 6) is 0.0917. The van der Waals surface area contributed by atoms with Crippen molar-refractivity contribution in [2.75, 3.05) is 0 Å². The molecule has 0 saturated carbocycles. The maximum atomic E-state index is 12.2.